The van der Waals surface area contributed by atoms with Gasteiger partial charge in [0.1, 0.15) is 24.9 Å². The number of likely N-dealkylation sites (N-methyl/N-ethyl adjacent to an activating group) is 2. The molecule has 3 saturated heterocycles. The van der Waals surface area contributed by atoms with Crippen molar-refractivity contribution in [2.45, 2.75) is 159 Å². The van der Waals surface area contributed by atoms with E-state index in [-0.39, 0.29) is 50.3 Å². The van der Waals surface area contributed by atoms with Crippen molar-refractivity contribution in [3.8, 4) is 12.3 Å². The maximum atomic E-state index is 14.3. The zero-order valence-electron chi connectivity index (χ0n) is 34.4. The highest BCUT2D eigenvalue weighted by atomic mass is 16.7. The van der Waals surface area contributed by atoms with Gasteiger partial charge in [-0.3, -0.25) is 9.69 Å². The minimum Gasteiger partial charge on any atom is -0.458 e. The fourth-order valence-corrected chi connectivity index (χ4v) is 8.34. The number of cyclic esters (lactones) is 1. The molecular formula is C39H70N2O12. The summed E-state index contributed by atoms with van der Waals surface area (Å²) >= 11 is 0. The lowest BCUT2D eigenvalue weighted by atomic mass is 9.76. The Morgan fingerprint density at radius 2 is 1.60 bits per heavy atom. The van der Waals surface area contributed by atoms with Crippen molar-refractivity contribution in [2.24, 2.45) is 17.8 Å². The monoisotopic (exact) mass is 758 g/mol. The Morgan fingerprint density at radius 3 is 2.19 bits per heavy atom. The van der Waals surface area contributed by atoms with Crippen LogP contribution in [0.2, 0.25) is 0 Å². The molecule has 308 valence electrons. The summed E-state index contributed by atoms with van der Waals surface area (Å²) in [4.78, 5) is 18.2. The number of carbonyl (C=O) groups excluding carboxylic acids is 1. The lowest BCUT2D eigenvalue weighted by molar-refractivity contribution is -0.319. The summed E-state index contributed by atoms with van der Waals surface area (Å²) in [7, 11) is 8.80. The highest BCUT2D eigenvalue weighted by Gasteiger charge is 2.52. The van der Waals surface area contributed by atoms with Gasteiger partial charge in [-0.05, 0) is 81.4 Å². The predicted molar refractivity (Wildman–Crippen MR) is 198 cm³/mol. The van der Waals surface area contributed by atoms with Gasteiger partial charge < -0.3 is 58.1 Å². The summed E-state index contributed by atoms with van der Waals surface area (Å²) in [6, 6.07) is -0.581. The summed E-state index contributed by atoms with van der Waals surface area (Å²) in [5.74, 6) is 0.0938. The number of ether oxygens (including phenoxy) is 8. The molecule has 3 rings (SSSR count). The van der Waals surface area contributed by atoms with Crippen molar-refractivity contribution in [1.82, 2.24) is 9.80 Å². The Balaban J connectivity index is 2.18. The molecule has 0 aromatic heterocycles. The molecule has 1 unspecified atom stereocenters. The predicted octanol–water partition coefficient (Wildman–Crippen LogP) is 2.04. The molecule has 3 N–H and O–H groups in total. The third-order valence-electron chi connectivity index (χ3n) is 12.0. The molecule has 0 spiro atoms. The van der Waals surface area contributed by atoms with E-state index in [9.17, 15) is 20.1 Å². The van der Waals surface area contributed by atoms with Crippen LogP contribution >= 0.6 is 0 Å². The van der Waals surface area contributed by atoms with E-state index in [4.69, 9.17) is 44.3 Å². The fraction of sp³-hybridized carbons (Fsp3) is 0.923. The van der Waals surface area contributed by atoms with Crippen LogP contribution in [0.1, 0.15) is 74.7 Å². The van der Waals surface area contributed by atoms with E-state index in [1.54, 1.807) is 27.9 Å². The van der Waals surface area contributed by atoms with Gasteiger partial charge in [0.25, 0.3) is 0 Å². The molecule has 0 bridgehead atoms. The minimum absolute atomic E-state index is 0.0453. The van der Waals surface area contributed by atoms with Gasteiger partial charge in [0.15, 0.2) is 12.6 Å². The van der Waals surface area contributed by atoms with Gasteiger partial charge in [0.05, 0.1) is 54.2 Å². The van der Waals surface area contributed by atoms with Crippen LogP contribution in [-0.2, 0) is 42.7 Å². The molecular weight excluding hydrogens is 688 g/mol. The Hall–Kier alpha value is -1.45. The molecule has 0 aliphatic carbocycles. The van der Waals surface area contributed by atoms with Crippen LogP contribution < -0.4 is 0 Å². The van der Waals surface area contributed by atoms with Crippen molar-refractivity contribution in [3.05, 3.63) is 0 Å². The number of hydrogen-bond donors (Lipinski definition) is 3. The molecule has 0 radical (unpaired) electrons. The van der Waals surface area contributed by atoms with E-state index in [1.165, 1.54) is 7.11 Å². The molecule has 3 aliphatic rings. The van der Waals surface area contributed by atoms with E-state index >= 15 is 0 Å². The van der Waals surface area contributed by atoms with Crippen LogP contribution in [0.25, 0.3) is 0 Å². The maximum Gasteiger partial charge on any atom is 0.311 e. The summed E-state index contributed by atoms with van der Waals surface area (Å²) in [6.45, 7) is 15.3. The highest BCUT2D eigenvalue weighted by Crippen LogP contribution is 2.41. The maximum absolute atomic E-state index is 14.3. The van der Waals surface area contributed by atoms with E-state index in [1.807, 2.05) is 65.6 Å². The summed E-state index contributed by atoms with van der Waals surface area (Å²) in [5.41, 5.74) is -2.08. The van der Waals surface area contributed by atoms with Crippen LogP contribution in [0, 0.1) is 30.1 Å². The van der Waals surface area contributed by atoms with Crippen LogP contribution in [0.15, 0.2) is 0 Å². The SMILES string of the molecule is C#CCOC[C@@H]1CN(C)[C@@H](C)[C@@H](O)[C@H](C)C[C@@](C)(OC)[C@H](O[C@@H]2O[C@H](C)C[C@H](N(C)C)[C@H]2O)[C@@H](C)[C@H](OC2C[C@@](C)(OC)[C@@H](O)[C@H](C)O2)[C@@H](C)C(=O)O1. The third-order valence-corrected chi connectivity index (χ3v) is 12.0. The van der Waals surface area contributed by atoms with Gasteiger partial charge in [-0.15, -0.1) is 6.42 Å². The molecule has 3 aliphatic heterocycles. The second-order valence-electron chi connectivity index (χ2n) is 16.5. The number of carbonyl (C=O) groups is 1. The smallest absolute Gasteiger partial charge is 0.311 e. The van der Waals surface area contributed by atoms with Gasteiger partial charge in [0, 0.05) is 45.2 Å². The Morgan fingerprint density at radius 1 is 0.962 bits per heavy atom. The minimum atomic E-state index is -1.09. The number of terminal acetylenes is 1. The van der Waals surface area contributed by atoms with Crippen LogP contribution in [0.4, 0.5) is 0 Å². The zero-order chi connectivity index (χ0) is 40.0. The molecule has 17 atom stereocenters. The second-order valence-corrected chi connectivity index (χ2v) is 16.5. The first kappa shape index (κ1) is 45.9. The van der Waals surface area contributed by atoms with Gasteiger partial charge in [-0.25, -0.2) is 0 Å². The molecule has 3 heterocycles. The second kappa shape index (κ2) is 19.6. The molecule has 53 heavy (non-hydrogen) atoms. The van der Waals surface area contributed by atoms with Gasteiger partial charge in [-0.2, -0.15) is 0 Å². The van der Waals surface area contributed by atoms with Crippen molar-refractivity contribution in [3.63, 3.8) is 0 Å². The summed E-state index contributed by atoms with van der Waals surface area (Å²) < 4.78 is 50.1. The van der Waals surface area contributed by atoms with Crippen molar-refractivity contribution in [1.29, 1.82) is 0 Å². The topological polar surface area (TPSA) is 158 Å². The number of rotatable bonds is 10. The number of aliphatic hydroxyl groups excluding tert-OH is 3. The fourth-order valence-electron chi connectivity index (χ4n) is 8.34. The van der Waals surface area contributed by atoms with E-state index in [0.717, 1.165) is 0 Å². The summed E-state index contributed by atoms with van der Waals surface area (Å²) in [5, 5.41) is 34.3. The molecule has 0 saturated carbocycles. The van der Waals surface area contributed by atoms with Crippen LogP contribution in [0.3, 0.4) is 0 Å². The Labute approximate surface area is 318 Å². The van der Waals surface area contributed by atoms with Gasteiger partial charge >= 0.3 is 5.97 Å². The number of methoxy groups -OCH3 is 2. The first-order chi connectivity index (χ1) is 24.7. The van der Waals surface area contributed by atoms with Gasteiger partial charge in [-0.1, -0.05) is 19.8 Å². The molecule has 3 fully saturated rings. The Bertz CT molecular complexity index is 1190. The highest BCUT2D eigenvalue weighted by molar-refractivity contribution is 5.73. The molecule has 14 nitrogen and oxygen atoms in total. The molecule has 14 heteroatoms. The van der Waals surface area contributed by atoms with Crippen molar-refractivity contribution < 1.29 is 58.0 Å². The average molecular weight is 759 g/mol. The van der Waals surface area contributed by atoms with E-state index < -0.39 is 84.3 Å². The normalized spacial score (nSPS) is 45.7. The molecule has 0 amide bonds. The van der Waals surface area contributed by atoms with Crippen molar-refractivity contribution >= 4 is 5.97 Å². The first-order valence-electron chi connectivity index (χ1n) is 19.1. The largest absolute Gasteiger partial charge is 0.458 e. The zero-order valence-corrected chi connectivity index (χ0v) is 34.4. The number of esters is 1. The van der Waals surface area contributed by atoms with E-state index in [2.05, 4.69) is 5.92 Å². The van der Waals surface area contributed by atoms with Crippen LogP contribution in [-0.4, -0.2) is 171 Å². The molecule has 0 aromatic rings. The third kappa shape index (κ3) is 11.1. The number of hydrogen-bond acceptors (Lipinski definition) is 14. The standard InChI is InChI=1S/C39H70N2O12/c1-15-16-48-21-28-20-41(12)26(6)31(42)22(2)18-39(9,47-14)35(53-37-32(43)29(40(10)11)17-23(3)49-37)24(4)33(25(5)36(45)51-28)52-30-19-38(8,46-13)34(44)27(7)50-30/h1,22-35,37,42-44H,16-21H2,2-14H3/t22-,23-,24+,25-,26+,27+,28+,29+,30?,31+,32-,33+,34+,35-,37+,38-,39-/m1/s1. The van der Waals surface area contributed by atoms with Crippen molar-refractivity contribution in [2.75, 3.05) is 55.1 Å². The lowest BCUT2D eigenvalue weighted by Crippen LogP contribution is -2.61. The van der Waals surface area contributed by atoms with Crippen LogP contribution in [0.5, 0.6) is 0 Å². The quantitative estimate of drug-likeness (QED) is 0.169. The molecule has 0 aromatic carbocycles. The van der Waals surface area contributed by atoms with Gasteiger partial charge in [0.2, 0.25) is 0 Å². The Kier molecular flexibility index (Phi) is 17.0. The number of nitrogens with zero attached hydrogens (tertiary/aromatic N) is 2. The lowest BCUT2D eigenvalue weighted by Gasteiger charge is -2.50. The number of aliphatic hydroxyl groups is 3. The average Bonchev–Trinajstić information content (AvgIpc) is 3.10. The van der Waals surface area contributed by atoms with E-state index in [0.29, 0.717) is 12.8 Å². The summed E-state index contributed by atoms with van der Waals surface area (Å²) in [6.07, 6.45) is -1.44. The first-order valence-corrected chi connectivity index (χ1v) is 19.1.